The van der Waals surface area contributed by atoms with Crippen molar-refractivity contribution < 1.29 is 14.9 Å². The van der Waals surface area contributed by atoms with Gasteiger partial charge in [0.15, 0.2) is 5.82 Å². The van der Waals surface area contributed by atoms with Crippen LogP contribution in [0.2, 0.25) is 0 Å². The van der Waals surface area contributed by atoms with Crippen LogP contribution in [0.1, 0.15) is 12.6 Å². The first-order valence-corrected chi connectivity index (χ1v) is 5.77. The molecule has 1 aliphatic rings. The van der Waals surface area contributed by atoms with Crippen LogP contribution in [-0.2, 0) is 4.74 Å². The minimum atomic E-state index is -0.765. The highest BCUT2D eigenvalue weighted by atomic mass is 16.5. The number of aliphatic hydroxyl groups excluding tert-OH is 2. The molecule has 0 bridgehead atoms. The van der Waals surface area contributed by atoms with Crippen molar-refractivity contribution in [1.82, 2.24) is 19.5 Å². The summed E-state index contributed by atoms with van der Waals surface area (Å²) >= 11 is 0. The molecule has 9 heteroatoms. The van der Waals surface area contributed by atoms with Crippen molar-refractivity contribution in [3.05, 3.63) is 16.8 Å². The Kier molecular flexibility index (Phi) is 2.73. The number of hydrogen-bond donors (Lipinski definition) is 4. The summed E-state index contributed by atoms with van der Waals surface area (Å²) in [6, 6.07) is 0. The summed E-state index contributed by atoms with van der Waals surface area (Å²) in [5, 5.41) is 18.8. The van der Waals surface area contributed by atoms with Crippen molar-refractivity contribution in [2.45, 2.75) is 24.9 Å². The third-order valence-electron chi connectivity index (χ3n) is 3.18. The molecule has 5 N–H and O–H groups in total. The third kappa shape index (κ3) is 1.87. The topological polar surface area (TPSA) is 139 Å². The van der Waals surface area contributed by atoms with Crippen molar-refractivity contribution in [2.75, 3.05) is 12.3 Å². The Balaban J connectivity index is 2.05. The lowest BCUT2D eigenvalue weighted by Gasteiger charge is -2.13. The summed E-state index contributed by atoms with van der Waals surface area (Å²) in [4.78, 5) is 21.5. The molecule has 2 aromatic rings. The van der Waals surface area contributed by atoms with Gasteiger partial charge in [-0.1, -0.05) is 0 Å². The summed E-state index contributed by atoms with van der Waals surface area (Å²) in [5.74, 6) is 0.0368. The van der Waals surface area contributed by atoms with Gasteiger partial charge >= 0.3 is 5.69 Å². The van der Waals surface area contributed by atoms with Crippen LogP contribution in [0.15, 0.2) is 11.1 Å². The zero-order valence-corrected chi connectivity index (χ0v) is 9.85. The fourth-order valence-corrected chi connectivity index (χ4v) is 2.23. The molecule has 3 heterocycles. The van der Waals surface area contributed by atoms with E-state index >= 15 is 0 Å². The molecule has 0 aromatic carbocycles. The molecule has 19 heavy (non-hydrogen) atoms. The number of nitrogens with one attached hydrogen (secondary N) is 1. The molecule has 3 atom stereocenters. The highest BCUT2D eigenvalue weighted by molar-refractivity contribution is 5.81. The molecule has 2 aromatic heterocycles. The monoisotopic (exact) mass is 267 g/mol. The number of aliphatic hydroxyl groups is 2. The first kappa shape index (κ1) is 12.1. The smallest absolute Gasteiger partial charge is 0.348 e. The number of ether oxygens (including phenoxy) is 1. The van der Waals surface area contributed by atoms with E-state index in [1.165, 1.54) is 6.33 Å². The number of nitrogens with two attached hydrogens (primary N) is 1. The maximum absolute atomic E-state index is 11.3. The van der Waals surface area contributed by atoms with Crippen LogP contribution < -0.4 is 11.4 Å². The van der Waals surface area contributed by atoms with E-state index < -0.39 is 24.1 Å². The average molecular weight is 267 g/mol. The molecular formula is C10H13N5O4. The quantitative estimate of drug-likeness (QED) is 0.510. The molecule has 1 unspecified atom stereocenters. The highest BCUT2D eigenvalue weighted by Crippen LogP contribution is 2.30. The van der Waals surface area contributed by atoms with Crippen LogP contribution in [0.25, 0.3) is 11.2 Å². The van der Waals surface area contributed by atoms with Gasteiger partial charge in [-0.05, 0) is 0 Å². The lowest BCUT2D eigenvalue weighted by atomic mass is 10.2. The summed E-state index contributed by atoms with van der Waals surface area (Å²) in [5.41, 5.74) is 5.78. The van der Waals surface area contributed by atoms with Crippen LogP contribution in [0, 0.1) is 0 Å². The molecular weight excluding hydrogens is 254 g/mol. The Morgan fingerprint density at radius 2 is 2.42 bits per heavy atom. The van der Waals surface area contributed by atoms with Crippen LogP contribution in [0.4, 0.5) is 5.82 Å². The SMILES string of the molecule is Nc1nc(=O)[nH]c2c1ncn2[C@H]1CC(O)[C@@H](CO)O1. The molecule has 0 spiro atoms. The Morgan fingerprint density at radius 3 is 3.11 bits per heavy atom. The normalized spacial score (nSPS) is 27.2. The summed E-state index contributed by atoms with van der Waals surface area (Å²) in [6.07, 6.45) is -0.183. The van der Waals surface area contributed by atoms with E-state index in [9.17, 15) is 9.90 Å². The Bertz CT molecular complexity index is 665. The van der Waals surface area contributed by atoms with Gasteiger partial charge in [0, 0.05) is 6.42 Å². The number of H-pyrrole nitrogens is 1. The van der Waals surface area contributed by atoms with Crippen LogP contribution in [0.5, 0.6) is 0 Å². The fourth-order valence-electron chi connectivity index (χ4n) is 2.23. The fraction of sp³-hybridized carbons (Fsp3) is 0.500. The number of anilines is 1. The van der Waals surface area contributed by atoms with Crippen LogP contribution in [-0.4, -0.2) is 48.5 Å². The molecule has 0 radical (unpaired) electrons. The molecule has 1 aliphatic heterocycles. The van der Waals surface area contributed by atoms with Gasteiger partial charge in [-0.15, -0.1) is 0 Å². The summed E-state index contributed by atoms with van der Waals surface area (Å²) in [6.45, 7) is -0.273. The molecule has 0 amide bonds. The molecule has 102 valence electrons. The van der Waals surface area contributed by atoms with Crippen LogP contribution in [0.3, 0.4) is 0 Å². The van der Waals surface area contributed by atoms with E-state index in [1.54, 1.807) is 4.57 Å². The molecule has 9 nitrogen and oxygen atoms in total. The zero-order valence-electron chi connectivity index (χ0n) is 9.85. The van der Waals surface area contributed by atoms with E-state index in [1.807, 2.05) is 0 Å². The number of aromatic nitrogens is 4. The number of fused-ring (bicyclic) bond motifs is 1. The second kappa shape index (κ2) is 4.30. The highest BCUT2D eigenvalue weighted by Gasteiger charge is 2.35. The molecule has 1 saturated heterocycles. The molecule has 3 rings (SSSR count). The minimum Gasteiger partial charge on any atom is -0.394 e. The second-order valence-electron chi connectivity index (χ2n) is 4.39. The first-order chi connectivity index (χ1) is 9.10. The third-order valence-corrected chi connectivity index (χ3v) is 3.18. The van der Waals surface area contributed by atoms with Gasteiger partial charge in [0.25, 0.3) is 0 Å². The molecule has 0 saturated carbocycles. The van der Waals surface area contributed by atoms with E-state index in [2.05, 4.69) is 15.0 Å². The lowest BCUT2D eigenvalue weighted by Crippen LogP contribution is -2.24. The van der Waals surface area contributed by atoms with Crippen molar-refractivity contribution in [3.63, 3.8) is 0 Å². The number of nitrogen functional groups attached to an aromatic ring is 1. The number of rotatable bonds is 2. The summed E-state index contributed by atoms with van der Waals surface area (Å²) in [7, 11) is 0. The van der Waals surface area contributed by atoms with E-state index in [0.717, 1.165) is 0 Å². The standard InChI is InChI=1S/C10H13N5O4/c11-8-7-9(14-10(18)13-8)15(3-12-7)6-1-4(17)5(2-16)19-6/h3-6,16-17H,1-2H2,(H3,11,13,14,18)/t4?,5-,6-/m1/s1. The Labute approximate surface area is 106 Å². The predicted molar refractivity (Wildman–Crippen MR) is 64.2 cm³/mol. The number of aromatic amines is 1. The lowest BCUT2D eigenvalue weighted by molar-refractivity contribution is -0.0432. The van der Waals surface area contributed by atoms with Gasteiger partial charge in [-0.3, -0.25) is 9.55 Å². The zero-order chi connectivity index (χ0) is 13.6. The van der Waals surface area contributed by atoms with Gasteiger partial charge in [0.05, 0.1) is 19.0 Å². The van der Waals surface area contributed by atoms with E-state index in [0.29, 0.717) is 17.6 Å². The minimum absolute atomic E-state index is 0.0368. The van der Waals surface area contributed by atoms with Gasteiger partial charge in [0.1, 0.15) is 23.5 Å². The molecule has 1 fully saturated rings. The Morgan fingerprint density at radius 1 is 1.63 bits per heavy atom. The first-order valence-electron chi connectivity index (χ1n) is 5.77. The molecule has 0 aliphatic carbocycles. The predicted octanol–water partition coefficient (Wildman–Crippen LogP) is -1.66. The number of hydrogen-bond acceptors (Lipinski definition) is 7. The van der Waals surface area contributed by atoms with E-state index in [-0.39, 0.29) is 12.4 Å². The second-order valence-corrected chi connectivity index (χ2v) is 4.39. The Hall–Kier alpha value is -1.97. The van der Waals surface area contributed by atoms with E-state index in [4.69, 9.17) is 15.6 Å². The van der Waals surface area contributed by atoms with Crippen molar-refractivity contribution in [1.29, 1.82) is 0 Å². The van der Waals surface area contributed by atoms with Gasteiger partial charge in [0.2, 0.25) is 0 Å². The summed E-state index contributed by atoms with van der Waals surface area (Å²) < 4.78 is 7.06. The average Bonchev–Trinajstić information content (AvgIpc) is 2.92. The number of imidazole rings is 1. The maximum atomic E-state index is 11.3. The van der Waals surface area contributed by atoms with Crippen LogP contribution >= 0.6 is 0 Å². The van der Waals surface area contributed by atoms with Crippen molar-refractivity contribution >= 4 is 17.0 Å². The largest absolute Gasteiger partial charge is 0.394 e. The van der Waals surface area contributed by atoms with Gasteiger partial charge in [-0.25, -0.2) is 9.78 Å². The van der Waals surface area contributed by atoms with Gasteiger partial charge < -0.3 is 20.7 Å². The van der Waals surface area contributed by atoms with Gasteiger partial charge in [-0.2, -0.15) is 4.98 Å². The van der Waals surface area contributed by atoms with Crippen molar-refractivity contribution in [3.8, 4) is 0 Å². The number of nitrogens with zero attached hydrogens (tertiary/aromatic N) is 3. The maximum Gasteiger partial charge on any atom is 0.348 e. The van der Waals surface area contributed by atoms with Crippen molar-refractivity contribution in [2.24, 2.45) is 0 Å².